The van der Waals surface area contributed by atoms with E-state index in [1.54, 1.807) is 41.5 Å². The van der Waals surface area contributed by atoms with Crippen LogP contribution in [0, 0.1) is 10.8 Å². The topological polar surface area (TPSA) is 191 Å². The number of esters is 2. The Morgan fingerprint density at radius 2 is 1.03 bits per heavy atom. The first-order valence-electron chi connectivity index (χ1n) is 11.4. The second-order valence-electron chi connectivity index (χ2n) is 9.86. The van der Waals surface area contributed by atoms with Gasteiger partial charge >= 0.3 is 11.9 Å². The summed E-state index contributed by atoms with van der Waals surface area (Å²) >= 11 is 0. The molecule has 2 atom stereocenters. The van der Waals surface area contributed by atoms with E-state index in [4.69, 9.17) is 29.3 Å². The van der Waals surface area contributed by atoms with Crippen LogP contribution in [0.5, 0.6) is 0 Å². The van der Waals surface area contributed by atoms with Crippen LogP contribution >= 0.6 is 0 Å². The average molecular weight is 547 g/mol. The fourth-order valence-electron chi connectivity index (χ4n) is 3.00. The number of hydrogen-bond donors (Lipinski definition) is 2. The van der Waals surface area contributed by atoms with Gasteiger partial charge in [-0.15, -0.1) is 0 Å². The number of rotatable bonds is 18. The predicted octanol–water partition coefficient (Wildman–Crippen LogP) is 0.683. The van der Waals surface area contributed by atoms with Crippen LogP contribution in [0.15, 0.2) is 0 Å². The van der Waals surface area contributed by atoms with Gasteiger partial charge in [0.25, 0.3) is 20.2 Å². The zero-order chi connectivity index (χ0) is 27.5. The lowest BCUT2D eigenvalue weighted by atomic mass is 9.87. The van der Waals surface area contributed by atoms with Crippen molar-refractivity contribution >= 4 is 32.2 Å². The molecule has 0 fully saturated rings. The number of hydrogen-bond acceptors (Lipinski definition) is 12. The van der Waals surface area contributed by atoms with Gasteiger partial charge in [-0.2, -0.15) is 16.8 Å². The van der Waals surface area contributed by atoms with Gasteiger partial charge in [0.2, 0.25) is 0 Å². The van der Waals surface area contributed by atoms with Crippen LogP contribution in [0.1, 0.15) is 60.8 Å². The summed E-state index contributed by atoms with van der Waals surface area (Å²) in [4.78, 5) is 23.4. The lowest BCUT2D eigenvalue weighted by Gasteiger charge is -2.26. The normalized spacial score (nSPS) is 14.9. The van der Waals surface area contributed by atoms with Crippen molar-refractivity contribution in [2.45, 2.75) is 72.9 Å². The number of carbonyl (C=O) groups is 2. The Kier molecular flexibility index (Phi) is 13.9. The molecular formula is C21H42N2O10S2. The summed E-state index contributed by atoms with van der Waals surface area (Å²) in [5.41, 5.74) is 10.1. The Morgan fingerprint density at radius 1 is 0.714 bits per heavy atom. The summed E-state index contributed by atoms with van der Waals surface area (Å²) < 4.78 is 68.5. The molecule has 4 N–H and O–H groups in total. The molecule has 0 aromatic rings. The van der Waals surface area contributed by atoms with Gasteiger partial charge in [-0.05, 0) is 43.9 Å². The van der Waals surface area contributed by atoms with Crippen molar-refractivity contribution in [2.75, 3.05) is 37.9 Å². The molecule has 0 aromatic heterocycles. The minimum absolute atomic E-state index is 0.138. The van der Waals surface area contributed by atoms with Gasteiger partial charge in [0.15, 0.2) is 0 Å². The van der Waals surface area contributed by atoms with Crippen molar-refractivity contribution in [3.05, 3.63) is 0 Å². The lowest BCUT2D eigenvalue weighted by Crippen LogP contribution is -2.38. The standard InChI is InChI=1S/C21H42N2O10S2/c1-7-30-18(24)16(22)12-20(3,4)14-32-34(26,27)10-9-11-35(28,29)33-15-21(5,6)13-17(23)19(25)31-8-2/h16-17H,7-15,22-23H2,1-6H3/t16-,17-/m1/s1. The van der Waals surface area contributed by atoms with E-state index in [0.717, 1.165) is 0 Å². The van der Waals surface area contributed by atoms with E-state index in [1.165, 1.54) is 0 Å². The molecule has 12 nitrogen and oxygen atoms in total. The van der Waals surface area contributed by atoms with Gasteiger partial charge in [-0.3, -0.25) is 18.0 Å². The molecule has 208 valence electrons. The molecule has 0 saturated carbocycles. The molecule has 0 spiro atoms. The Balaban J connectivity index is 4.61. The van der Waals surface area contributed by atoms with Gasteiger partial charge in [0.1, 0.15) is 12.1 Å². The largest absolute Gasteiger partial charge is 0.465 e. The first-order valence-corrected chi connectivity index (χ1v) is 14.6. The van der Waals surface area contributed by atoms with E-state index in [-0.39, 0.29) is 45.7 Å². The minimum atomic E-state index is -4.02. The van der Waals surface area contributed by atoms with Gasteiger partial charge in [-0.1, -0.05) is 27.7 Å². The van der Waals surface area contributed by atoms with Crippen molar-refractivity contribution in [2.24, 2.45) is 22.3 Å². The molecule has 0 heterocycles. The van der Waals surface area contributed by atoms with Crippen LogP contribution in [0.3, 0.4) is 0 Å². The van der Waals surface area contributed by atoms with E-state index in [0.29, 0.717) is 0 Å². The molecule has 0 saturated heterocycles. The first-order chi connectivity index (χ1) is 15.9. The molecule has 0 rings (SSSR count). The number of ether oxygens (including phenoxy) is 2. The van der Waals surface area contributed by atoms with E-state index in [1.807, 2.05) is 0 Å². The Hall–Kier alpha value is -1.32. The summed E-state index contributed by atoms with van der Waals surface area (Å²) in [5, 5.41) is 0. The van der Waals surface area contributed by atoms with Crippen molar-refractivity contribution in [3.63, 3.8) is 0 Å². The lowest BCUT2D eigenvalue weighted by molar-refractivity contribution is -0.146. The minimum Gasteiger partial charge on any atom is -0.465 e. The van der Waals surface area contributed by atoms with Crippen LogP contribution < -0.4 is 11.5 Å². The summed E-state index contributed by atoms with van der Waals surface area (Å²) in [6, 6.07) is -1.84. The third kappa shape index (κ3) is 15.4. The molecular weight excluding hydrogens is 504 g/mol. The zero-order valence-corrected chi connectivity index (χ0v) is 23.2. The molecule has 0 amide bonds. The third-order valence-corrected chi connectivity index (χ3v) is 7.30. The Bertz CT molecular complexity index is 814. The smallest absolute Gasteiger partial charge is 0.322 e. The highest BCUT2D eigenvalue weighted by Gasteiger charge is 2.30. The Morgan fingerprint density at radius 3 is 1.31 bits per heavy atom. The van der Waals surface area contributed by atoms with Crippen molar-refractivity contribution in [1.82, 2.24) is 0 Å². The molecule has 0 unspecified atom stereocenters. The van der Waals surface area contributed by atoms with Crippen LogP contribution in [0.4, 0.5) is 0 Å². The molecule has 0 aliphatic heterocycles. The van der Waals surface area contributed by atoms with E-state index in [9.17, 15) is 26.4 Å². The van der Waals surface area contributed by atoms with Gasteiger partial charge in [0, 0.05) is 0 Å². The molecule has 14 heteroatoms. The van der Waals surface area contributed by atoms with Crippen molar-refractivity contribution in [1.29, 1.82) is 0 Å². The quantitative estimate of drug-likeness (QED) is 0.181. The molecule has 0 aliphatic carbocycles. The van der Waals surface area contributed by atoms with E-state index < -0.39 is 66.6 Å². The summed E-state index contributed by atoms with van der Waals surface area (Å²) in [7, 11) is -8.05. The van der Waals surface area contributed by atoms with E-state index >= 15 is 0 Å². The highest BCUT2D eigenvalue weighted by molar-refractivity contribution is 7.87. The highest BCUT2D eigenvalue weighted by atomic mass is 32.2. The monoisotopic (exact) mass is 546 g/mol. The molecule has 0 bridgehead atoms. The summed E-state index contributed by atoms with van der Waals surface area (Å²) in [6.45, 7) is 9.96. The molecule has 0 aliphatic rings. The maximum Gasteiger partial charge on any atom is 0.322 e. The molecule has 35 heavy (non-hydrogen) atoms. The van der Waals surface area contributed by atoms with E-state index in [2.05, 4.69) is 0 Å². The SMILES string of the molecule is CCOC(=O)[C@H](N)CC(C)(C)COS(=O)(=O)CCCS(=O)(=O)OCC(C)(C)C[C@@H](N)C(=O)OCC. The molecule has 0 aromatic carbocycles. The number of carbonyl (C=O) groups excluding carboxylic acids is 2. The Labute approximate surface area is 209 Å². The van der Waals surface area contributed by atoms with Crippen LogP contribution in [0.2, 0.25) is 0 Å². The fraction of sp³-hybridized carbons (Fsp3) is 0.905. The van der Waals surface area contributed by atoms with Crippen molar-refractivity contribution in [3.8, 4) is 0 Å². The fourth-order valence-corrected chi connectivity index (χ4v) is 5.41. The van der Waals surface area contributed by atoms with Crippen LogP contribution in [-0.2, 0) is 47.7 Å². The maximum absolute atomic E-state index is 12.2. The first kappa shape index (κ1) is 33.7. The number of nitrogens with two attached hydrogens (primary N) is 2. The second kappa shape index (κ2) is 14.4. The van der Waals surface area contributed by atoms with Gasteiger partial charge < -0.3 is 20.9 Å². The zero-order valence-electron chi connectivity index (χ0n) is 21.6. The van der Waals surface area contributed by atoms with Gasteiger partial charge in [-0.25, -0.2) is 0 Å². The summed E-state index contributed by atoms with van der Waals surface area (Å²) in [6.07, 6.45) is 0.0363. The van der Waals surface area contributed by atoms with Crippen LogP contribution in [-0.4, -0.2) is 78.8 Å². The average Bonchev–Trinajstić information content (AvgIpc) is 2.71. The summed E-state index contributed by atoms with van der Waals surface area (Å²) in [5.74, 6) is -2.24. The predicted molar refractivity (Wildman–Crippen MR) is 130 cm³/mol. The third-order valence-electron chi connectivity index (χ3n) is 4.77. The maximum atomic E-state index is 12.2. The van der Waals surface area contributed by atoms with Crippen molar-refractivity contribution < 1.29 is 44.3 Å². The highest BCUT2D eigenvalue weighted by Crippen LogP contribution is 2.25. The molecule has 0 radical (unpaired) electrons. The second-order valence-corrected chi connectivity index (χ2v) is 13.4. The van der Waals surface area contributed by atoms with Gasteiger partial charge in [0.05, 0.1) is 37.9 Å². The van der Waals surface area contributed by atoms with Crippen LogP contribution in [0.25, 0.3) is 0 Å².